The predicted molar refractivity (Wildman–Crippen MR) is 77.1 cm³/mol. The maximum atomic E-state index is 6.27. The van der Waals surface area contributed by atoms with Gasteiger partial charge in [0.25, 0.3) is 0 Å². The van der Waals surface area contributed by atoms with Crippen LogP contribution < -0.4 is 5.73 Å². The molecule has 0 radical (unpaired) electrons. The molecule has 3 aliphatic rings. The highest BCUT2D eigenvalue weighted by Gasteiger charge is 2.52. The van der Waals surface area contributed by atoms with E-state index >= 15 is 0 Å². The van der Waals surface area contributed by atoms with Gasteiger partial charge in [0.15, 0.2) is 0 Å². The lowest BCUT2D eigenvalue weighted by atomic mass is 9.83. The van der Waals surface area contributed by atoms with E-state index in [2.05, 4.69) is 16.7 Å². The summed E-state index contributed by atoms with van der Waals surface area (Å²) < 4.78 is 5.70. The maximum Gasteiger partial charge on any atom is 0.0724 e. The van der Waals surface area contributed by atoms with E-state index in [0.29, 0.717) is 18.1 Å². The SMILES string of the molecule is COC1CN(C2(CN)CCN3CCCC32)CCC1C. The first-order chi connectivity index (χ1) is 9.21. The Kier molecular flexibility index (Phi) is 3.87. The average Bonchev–Trinajstić information content (AvgIpc) is 3.01. The molecule has 4 nitrogen and oxygen atoms in total. The molecule has 4 unspecified atom stereocenters. The smallest absolute Gasteiger partial charge is 0.0724 e. The van der Waals surface area contributed by atoms with Gasteiger partial charge in [-0.05, 0) is 44.7 Å². The second kappa shape index (κ2) is 5.32. The van der Waals surface area contributed by atoms with Gasteiger partial charge in [0.1, 0.15) is 0 Å². The molecule has 4 atom stereocenters. The number of hydrogen-bond donors (Lipinski definition) is 1. The third-order valence-corrected chi connectivity index (χ3v) is 5.99. The standard InChI is InChI=1S/C15H29N3O/c1-12-5-8-18(10-13(12)19-2)15(11-16)6-9-17-7-3-4-14(15)17/h12-14H,3-11,16H2,1-2H3. The van der Waals surface area contributed by atoms with E-state index < -0.39 is 0 Å². The van der Waals surface area contributed by atoms with Crippen LogP contribution in [0, 0.1) is 5.92 Å². The van der Waals surface area contributed by atoms with Crippen LogP contribution in [-0.4, -0.2) is 67.3 Å². The van der Waals surface area contributed by atoms with Crippen LogP contribution in [0.1, 0.15) is 32.6 Å². The van der Waals surface area contributed by atoms with Crippen LogP contribution in [0.25, 0.3) is 0 Å². The van der Waals surface area contributed by atoms with Crippen molar-refractivity contribution in [2.45, 2.75) is 50.3 Å². The van der Waals surface area contributed by atoms with Gasteiger partial charge in [0.05, 0.1) is 6.10 Å². The largest absolute Gasteiger partial charge is 0.380 e. The lowest BCUT2D eigenvalue weighted by molar-refractivity contribution is -0.0513. The van der Waals surface area contributed by atoms with E-state index in [9.17, 15) is 0 Å². The lowest BCUT2D eigenvalue weighted by Crippen LogP contribution is -2.63. The Labute approximate surface area is 117 Å². The minimum atomic E-state index is 0.230. The molecule has 0 saturated carbocycles. The van der Waals surface area contributed by atoms with Crippen LogP contribution in [0.4, 0.5) is 0 Å². The number of methoxy groups -OCH3 is 1. The van der Waals surface area contributed by atoms with Crippen molar-refractivity contribution in [3.8, 4) is 0 Å². The van der Waals surface area contributed by atoms with Gasteiger partial charge in [-0.2, -0.15) is 0 Å². The zero-order chi connectivity index (χ0) is 13.5. The number of fused-ring (bicyclic) bond motifs is 1. The molecule has 0 aromatic heterocycles. The van der Waals surface area contributed by atoms with Gasteiger partial charge in [-0.1, -0.05) is 6.92 Å². The molecule has 3 fully saturated rings. The third-order valence-electron chi connectivity index (χ3n) is 5.99. The van der Waals surface area contributed by atoms with Gasteiger partial charge < -0.3 is 10.5 Å². The minimum Gasteiger partial charge on any atom is -0.380 e. The van der Waals surface area contributed by atoms with Crippen LogP contribution in [0.15, 0.2) is 0 Å². The first-order valence-electron chi connectivity index (χ1n) is 7.93. The fourth-order valence-corrected chi connectivity index (χ4v) is 4.69. The molecule has 0 spiro atoms. The van der Waals surface area contributed by atoms with Gasteiger partial charge >= 0.3 is 0 Å². The number of ether oxygens (including phenoxy) is 1. The quantitative estimate of drug-likeness (QED) is 0.825. The Bertz CT molecular complexity index is 325. The predicted octanol–water partition coefficient (Wildman–Crippen LogP) is 0.909. The average molecular weight is 267 g/mol. The Morgan fingerprint density at radius 3 is 2.84 bits per heavy atom. The molecule has 3 rings (SSSR count). The van der Waals surface area contributed by atoms with E-state index in [1.807, 2.05) is 7.11 Å². The highest BCUT2D eigenvalue weighted by atomic mass is 16.5. The number of nitrogens with zero attached hydrogens (tertiary/aromatic N) is 2. The number of nitrogens with two attached hydrogens (primary N) is 1. The van der Waals surface area contributed by atoms with Gasteiger partial charge in [0, 0.05) is 38.3 Å². The fraction of sp³-hybridized carbons (Fsp3) is 1.00. The van der Waals surface area contributed by atoms with Crippen LogP contribution in [0.2, 0.25) is 0 Å². The molecule has 0 aromatic carbocycles. The molecular formula is C15H29N3O. The van der Waals surface area contributed by atoms with Crippen LogP contribution in [0.5, 0.6) is 0 Å². The molecule has 0 amide bonds. The van der Waals surface area contributed by atoms with Crippen molar-refractivity contribution in [3.05, 3.63) is 0 Å². The highest BCUT2D eigenvalue weighted by molar-refractivity contribution is 5.10. The van der Waals surface area contributed by atoms with Crippen molar-refractivity contribution < 1.29 is 4.74 Å². The van der Waals surface area contributed by atoms with E-state index in [1.54, 1.807) is 0 Å². The summed E-state index contributed by atoms with van der Waals surface area (Å²) in [4.78, 5) is 5.35. The summed E-state index contributed by atoms with van der Waals surface area (Å²) in [7, 11) is 1.86. The number of rotatable bonds is 3. The van der Waals surface area contributed by atoms with Gasteiger partial charge in [-0.15, -0.1) is 0 Å². The summed E-state index contributed by atoms with van der Waals surface area (Å²) >= 11 is 0. The minimum absolute atomic E-state index is 0.230. The van der Waals surface area contributed by atoms with Crippen molar-refractivity contribution in [1.82, 2.24) is 9.80 Å². The Hall–Kier alpha value is -0.160. The second-order valence-corrected chi connectivity index (χ2v) is 6.74. The highest BCUT2D eigenvalue weighted by Crippen LogP contribution is 2.41. The monoisotopic (exact) mass is 267 g/mol. The molecular weight excluding hydrogens is 238 g/mol. The second-order valence-electron chi connectivity index (χ2n) is 6.74. The third kappa shape index (κ3) is 2.13. The molecule has 0 bridgehead atoms. The van der Waals surface area contributed by atoms with E-state index in [1.165, 1.54) is 45.3 Å². The molecule has 110 valence electrons. The zero-order valence-corrected chi connectivity index (χ0v) is 12.5. The molecule has 3 aliphatic heterocycles. The lowest BCUT2D eigenvalue weighted by Gasteiger charge is -2.49. The summed E-state index contributed by atoms with van der Waals surface area (Å²) in [5.74, 6) is 0.678. The van der Waals surface area contributed by atoms with Gasteiger partial charge in [-0.25, -0.2) is 0 Å². The Morgan fingerprint density at radius 2 is 2.11 bits per heavy atom. The molecule has 0 aromatic rings. The van der Waals surface area contributed by atoms with Crippen molar-refractivity contribution >= 4 is 0 Å². The Balaban J connectivity index is 1.78. The molecule has 0 aliphatic carbocycles. The fourth-order valence-electron chi connectivity index (χ4n) is 4.69. The number of piperidine rings is 1. The Morgan fingerprint density at radius 1 is 1.26 bits per heavy atom. The van der Waals surface area contributed by atoms with Crippen molar-refractivity contribution in [2.24, 2.45) is 11.7 Å². The summed E-state index contributed by atoms with van der Waals surface area (Å²) in [6, 6.07) is 0.698. The van der Waals surface area contributed by atoms with Gasteiger partial charge in [-0.3, -0.25) is 9.80 Å². The number of likely N-dealkylation sites (tertiary alicyclic amines) is 1. The van der Waals surface area contributed by atoms with Gasteiger partial charge in [0.2, 0.25) is 0 Å². The first kappa shape index (κ1) is 13.8. The summed E-state index contributed by atoms with van der Waals surface area (Å²) in [6.45, 7) is 7.91. The number of hydrogen-bond acceptors (Lipinski definition) is 4. The molecule has 3 heterocycles. The van der Waals surface area contributed by atoms with E-state index in [0.717, 1.165) is 13.1 Å². The first-order valence-corrected chi connectivity index (χ1v) is 7.93. The van der Waals surface area contributed by atoms with Crippen LogP contribution >= 0.6 is 0 Å². The van der Waals surface area contributed by atoms with Crippen molar-refractivity contribution in [1.29, 1.82) is 0 Å². The summed E-state index contributed by atoms with van der Waals surface area (Å²) in [6.07, 6.45) is 5.56. The topological polar surface area (TPSA) is 41.7 Å². The summed E-state index contributed by atoms with van der Waals surface area (Å²) in [5, 5.41) is 0. The summed E-state index contributed by atoms with van der Waals surface area (Å²) in [5.41, 5.74) is 6.50. The van der Waals surface area contributed by atoms with Crippen LogP contribution in [0.3, 0.4) is 0 Å². The van der Waals surface area contributed by atoms with Crippen LogP contribution in [-0.2, 0) is 4.74 Å². The molecule has 4 heteroatoms. The maximum absolute atomic E-state index is 6.27. The molecule has 3 saturated heterocycles. The zero-order valence-electron chi connectivity index (χ0n) is 12.5. The van der Waals surface area contributed by atoms with Crippen molar-refractivity contribution in [3.63, 3.8) is 0 Å². The normalized spacial score (nSPS) is 44.7. The molecule has 2 N–H and O–H groups in total. The molecule has 19 heavy (non-hydrogen) atoms. The van der Waals surface area contributed by atoms with E-state index in [4.69, 9.17) is 10.5 Å². The van der Waals surface area contributed by atoms with E-state index in [-0.39, 0.29) is 5.54 Å². The van der Waals surface area contributed by atoms with Crippen molar-refractivity contribution in [2.75, 3.05) is 39.8 Å².